The standard InChI is InChI=1S/C17H28N4O3/c1-5-19-16(22)12-24-14-9-8-13(10-15(14)23-4)11-20-17(18)21(6-2)7-3/h8-10H,5-7,11-12H2,1-4H3,(H2,18,20)(H,19,22). The smallest absolute Gasteiger partial charge is 0.257 e. The molecule has 0 heterocycles. The molecule has 1 rings (SSSR count). The highest BCUT2D eigenvalue weighted by Gasteiger charge is 2.09. The van der Waals surface area contributed by atoms with E-state index in [1.165, 1.54) is 0 Å². The zero-order valence-corrected chi connectivity index (χ0v) is 15.0. The van der Waals surface area contributed by atoms with Gasteiger partial charge in [0.05, 0.1) is 13.7 Å². The Hall–Kier alpha value is -2.44. The summed E-state index contributed by atoms with van der Waals surface area (Å²) < 4.78 is 10.8. The molecule has 134 valence electrons. The van der Waals surface area contributed by atoms with Crippen molar-refractivity contribution in [2.75, 3.05) is 33.4 Å². The number of aliphatic imine (C=N–C) groups is 1. The Morgan fingerprint density at radius 1 is 1.25 bits per heavy atom. The Kier molecular flexibility index (Phi) is 8.46. The number of guanidine groups is 1. The summed E-state index contributed by atoms with van der Waals surface area (Å²) in [4.78, 5) is 17.9. The van der Waals surface area contributed by atoms with E-state index >= 15 is 0 Å². The maximum absolute atomic E-state index is 11.5. The summed E-state index contributed by atoms with van der Waals surface area (Å²) in [5.41, 5.74) is 6.92. The fourth-order valence-corrected chi connectivity index (χ4v) is 2.14. The van der Waals surface area contributed by atoms with Gasteiger partial charge in [0.2, 0.25) is 0 Å². The summed E-state index contributed by atoms with van der Waals surface area (Å²) >= 11 is 0. The third-order valence-electron chi connectivity index (χ3n) is 3.47. The number of methoxy groups -OCH3 is 1. The molecule has 0 bridgehead atoms. The first-order valence-electron chi connectivity index (χ1n) is 8.16. The van der Waals surface area contributed by atoms with Crippen LogP contribution < -0.4 is 20.5 Å². The highest BCUT2D eigenvalue weighted by molar-refractivity contribution is 5.78. The van der Waals surface area contributed by atoms with Crippen LogP contribution in [0.2, 0.25) is 0 Å². The van der Waals surface area contributed by atoms with Crippen LogP contribution in [0.25, 0.3) is 0 Å². The van der Waals surface area contributed by atoms with E-state index in [-0.39, 0.29) is 12.5 Å². The Bertz CT molecular complexity index is 557. The first-order valence-corrected chi connectivity index (χ1v) is 8.16. The summed E-state index contributed by atoms with van der Waals surface area (Å²) in [6.45, 7) is 8.56. The summed E-state index contributed by atoms with van der Waals surface area (Å²) in [5.74, 6) is 1.44. The van der Waals surface area contributed by atoms with Crippen molar-refractivity contribution < 1.29 is 14.3 Å². The van der Waals surface area contributed by atoms with Crippen LogP contribution in [-0.2, 0) is 11.3 Å². The largest absolute Gasteiger partial charge is 0.493 e. The van der Waals surface area contributed by atoms with Gasteiger partial charge in [-0.05, 0) is 38.5 Å². The van der Waals surface area contributed by atoms with Crippen molar-refractivity contribution in [1.29, 1.82) is 0 Å². The van der Waals surface area contributed by atoms with E-state index in [9.17, 15) is 4.79 Å². The van der Waals surface area contributed by atoms with Crippen LogP contribution in [0, 0.1) is 0 Å². The van der Waals surface area contributed by atoms with Gasteiger partial charge in [0.15, 0.2) is 24.1 Å². The maximum atomic E-state index is 11.5. The number of nitrogens with one attached hydrogen (secondary N) is 1. The van der Waals surface area contributed by atoms with Crippen molar-refractivity contribution in [2.24, 2.45) is 10.7 Å². The first-order chi connectivity index (χ1) is 11.5. The average molecular weight is 336 g/mol. The van der Waals surface area contributed by atoms with Crippen LogP contribution in [0.1, 0.15) is 26.3 Å². The van der Waals surface area contributed by atoms with E-state index in [4.69, 9.17) is 15.2 Å². The number of amides is 1. The predicted octanol–water partition coefficient (Wildman–Crippen LogP) is 1.37. The van der Waals surface area contributed by atoms with Gasteiger partial charge in [0, 0.05) is 19.6 Å². The Morgan fingerprint density at radius 3 is 2.54 bits per heavy atom. The molecule has 24 heavy (non-hydrogen) atoms. The molecule has 0 unspecified atom stereocenters. The molecule has 0 atom stereocenters. The van der Waals surface area contributed by atoms with Gasteiger partial charge < -0.3 is 25.4 Å². The predicted molar refractivity (Wildman–Crippen MR) is 95.4 cm³/mol. The number of likely N-dealkylation sites (N-methyl/N-ethyl adjacent to an activating group) is 1. The molecule has 1 aromatic rings. The molecule has 7 heteroatoms. The van der Waals surface area contributed by atoms with Gasteiger partial charge in [0.1, 0.15) is 0 Å². The number of nitrogens with zero attached hydrogens (tertiary/aromatic N) is 2. The second kappa shape index (κ2) is 10.4. The molecule has 0 aliphatic carbocycles. The lowest BCUT2D eigenvalue weighted by Gasteiger charge is -2.19. The molecular formula is C17H28N4O3. The normalized spacial score (nSPS) is 11.1. The van der Waals surface area contributed by atoms with E-state index in [1.54, 1.807) is 13.2 Å². The number of benzene rings is 1. The number of hydrogen-bond donors (Lipinski definition) is 2. The second-order valence-electron chi connectivity index (χ2n) is 5.07. The maximum Gasteiger partial charge on any atom is 0.257 e. The number of hydrogen-bond acceptors (Lipinski definition) is 4. The quantitative estimate of drug-likeness (QED) is 0.525. The molecule has 1 amide bonds. The summed E-state index contributed by atoms with van der Waals surface area (Å²) in [5, 5.41) is 2.68. The molecule has 0 aliphatic heterocycles. The molecule has 0 spiro atoms. The minimum atomic E-state index is -0.166. The minimum absolute atomic E-state index is 0.0450. The summed E-state index contributed by atoms with van der Waals surface area (Å²) in [6, 6.07) is 5.50. The summed E-state index contributed by atoms with van der Waals surface area (Å²) in [7, 11) is 1.56. The number of ether oxygens (including phenoxy) is 2. The van der Waals surface area contributed by atoms with Crippen LogP contribution in [0.4, 0.5) is 0 Å². The van der Waals surface area contributed by atoms with Crippen molar-refractivity contribution in [3.8, 4) is 11.5 Å². The zero-order valence-electron chi connectivity index (χ0n) is 15.0. The van der Waals surface area contributed by atoms with E-state index in [0.717, 1.165) is 18.7 Å². The molecule has 1 aromatic carbocycles. The van der Waals surface area contributed by atoms with Gasteiger partial charge in [-0.3, -0.25) is 4.79 Å². The van der Waals surface area contributed by atoms with E-state index in [2.05, 4.69) is 10.3 Å². The number of carbonyl (C=O) groups excluding carboxylic acids is 1. The van der Waals surface area contributed by atoms with E-state index < -0.39 is 0 Å². The topological polar surface area (TPSA) is 89.2 Å². The third-order valence-corrected chi connectivity index (χ3v) is 3.47. The monoisotopic (exact) mass is 336 g/mol. The van der Waals surface area contributed by atoms with Crippen LogP contribution in [-0.4, -0.2) is 50.1 Å². The summed E-state index contributed by atoms with van der Waals surface area (Å²) in [6.07, 6.45) is 0. The Labute approximate surface area is 143 Å². The SMILES string of the molecule is CCNC(=O)COc1ccc(CN=C(N)N(CC)CC)cc1OC. The molecular weight excluding hydrogens is 308 g/mol. The fraction of sp³-hybridized carbons (Fsp3) is 0.529. The van der Waals surface area contributed by atoms with Gasteiger partial charge in [0.25, 0.3) is 5.91 Å². The number of carbonyl (C=O) groups is 1. The molecule has 7 nitrogen and oxygen atoms in total. The highest BCUT2D eigenvalue weighted by Crippen LogP contribution is 2.28. The molecule has 3 N–H and O–H groups in total. The molecule has 0 aromatic heterocycles. The van der Waals surface area contributed by atoms with Crippen molar-refractivity contribution in [3.05, 3.63) is 23.8 Å². The van der Waals surface area contributed by atoms with Crippen LogP contribution in [0.5, 0.6) is 11.5 Å². The third kappa shape index (κ3) is 5.98. The van der Waals surface area contributed by atoms with E-state index in [0.29, 0.717) is 30.5 Å². The van der Waals surface area contributed by atoms with Crippen LogP contribution in [0.15, 0.2) is 23.2 Å². The van der Waals surface area contributed by atoms with Gasteiger partial charge in [-0.15, -0.1) is 0 Å². The van der Waals surface area contributed by atoms with E-state index in [1.807, 2.05) is 37.8 Å². The number of rotatable bonds is 9. The van der Waals surface area contributed by atoms with Crippen molar-refractivity contribution in [1.82, 2.24) is 10.2 Å². The molecule has 0 saturated carbocycles. The number of nitrogens with two attached hydrogens (primary N) is 1. The van der Waals surface area contributed by atoms with Crippen LogP contribution in [0.3, 0.4) is 0 Å². The van der Waals surface area contributed by atoms with Gasteiger partial charge >= 0.3 is 0 Å². The van der Waals surface area contributed by atoms with Gasteiger partial charge in [-0.2, -0.15) is 0 Å². The van der Waals surface area contributed by atoms with Crippen molar-refractivity contribution >= 4 is 11.9 Å². The lowest BCUT2D eigenvalue weighted by atomic mass is 10.2. The fourth-order valence-electron chi connectivity index (χ4n) is 2.14. The molecule has 0 radical (unpaired) electrons. The zero-order chi connectivity index (χ0) is 17.9. The molecule has 0 aliphatic rings. The van der Waals surface area contributed by atoms with Crippen LogP contribution >= 0.6 is 0 Å². The lowest BCUT2D eigenvalue weighted by molar-refractivity contribution is -0.123. The van der Waals surface area contributed by atoms with Crippen molar-refractivity contribution in [3.63, 3.8) is 0 Å². The molecule has 0 fully saturated rings. The highest BCUT2D eigenvalue weighted by atomic mass is 16.5. The minimum Gasteiger partial charge on any atom is -0.493 e. The second-order valence-corrected chi connectivity index (χ2v) is 5.07. The Balaban J connectivity index is 2.75. The molecule has 0 saturated heterocycles. The lowest BCUT2D eigenvalue weighted by Crippen LogP contribution is -2.37. The first kappa shape index (κ1) is 19.6. The Morgan fingerprint density at radius 2 is 1.96 bits per heavy atom. The van der Waals surface area contributed by atoms with Crippen molar-refractivity contribution in [2.45, 2.75) is 27.3 Å². The van der Waals surface area contributed by atoms with Gasteiger partial charge in [-0.1, -0.05) is 6.07 Å². The average Bonchev–Trinajstić information content (AvgIpc) is 2.59. The van der Waals surface area contributed by atoms with Gasteiger partial charge in [-0.25, -0.2) is 4.99 Å².